The van der Waals surface area contributed by atoms with Crippen LogP contribution in [0.3, 0.4) is 0 Å². The van der Waals surface area contributed by atoms with Gasteiger partial charge in [-0.1, -0.05) is 18.2 Å². The third kappa shape index (κ3) is 3.59. The first-order valence-electron chi connectivity index (χ1n) is 9.27. The number of hydroxylamine groups is 1. The lowest BCUT2D eigenvalue weighted by Crippen LogP contribution is -2.24. The largest absolute Gasteiger partial charge is 0.434 e. The van der Waals surface area contributed by atoms with Crippen LogP contribution >= 0.6 is 0 Å². The molecule has 2 heterocycles. The van der Waals surface area contributed by atoms with Gasteiger partial charge in [-0.2, -0.15) is 10.7 Å². The van der Waals surface area contributed by atoms with Crippen molar-refractivity contribution in [2.45, 2.75) is 20.8 Å². The number of amides is 1. The molecule has 0 saturated heterocycles. The number of hydrogen-bond donors (Lipinski definition) is 1. The van der Waals surface area contributed by atoms with Crippen molar-refractivity contribution < 1.29 is 14.0 Å². The van der Waals surface area contributed by atoms with E-state index in [0.717, 1.165) is 22.3 Å². The lowest BCUT2D eigenvalue weighted by Gasteiger charge is -2.12. The number of benzene rings is 2. The van der Waals surface area contributed by atoms with Crippen LogP contribution in [0.4, 0.5) is 0 Å². The number of carbonyl (C=O) groups is 1. The van der Waals surface area contributed by atoms with Gasteiger partial charge in [0.2, 0.25) is 11.8 Å². The standard InChI is InChI=1S/C23H18N4O3/c1-13-9-16(11-24)10-20-22(13)29-23(26-20)19-8-7-17(12-25-19)18-5-4-6-21(14(18)2)30-27-15(3)28/h4-10,12H,1-3H3,(H,27,28). The number of fused-ring (bicyclic) bond motifs is 1. The Hall–Kier alpha value is -4.18. The Morgan fingerprint density at radius 1 is 1.20 bits per heavy atom. The van der Waals surface area contributed by atoms with Crippen LogP contribution in [0.5, 0.6) is 5.75 Å². The van der Waals surface area contributed by atoms with Gasteiger partial charge in [-0.15, -0.1) is 0 Å². The summed E-state index contributed by atoms with van der Waals surface area (Å²) < 4.78 is 5.88. The molecule has 0 aliphatic heterocycles. The number of carbonyl (C=O) groups excluding carboxylic acids is 1. The molecule has 0 unspecified atom stereocenters. The van der Waals surface area contributed by atoms with Crippen molar-refractivity contribution in [3.8, 4) is 34.5 Å². The topological polar surface area (TPSA) is 101 Å². The van der Waals surface area contributed by atoms with E-state index in [1.807, 2.05) is 38.1 Å². The highest BCUT2D eigenvalue weighted by Crippen LogP contribution is 2.31. The monoisotopic (exact) mass is 398 g/mol. The van der Waals surface area contributed by atoms with Gasteiger partial charge in [0.05, 0.1) is 11.6 Å². The predicted octanol–water partition coefficient (Wildman–Crippen LogP) is 4.48. The highest BCUT2D eigenvalue weighted by molar-refractivity contribution is 5.80. The van der Waals surface area contributed by atoms with Crippen molar-refractivity contribution in [2.24, 2.45) is 0 Å². The second-order valence-corrected chi connectivity index (χ2v) is 6.89. The van der Waals surface area contributed by atoms with E-state index in [1.54, 1.807) is 24.4 Å². The zero-order chi connectivity index (χ0) is 21.3. The van der Waals surface area contributed by atoms with Crippen LogP contribution in [0.2, 0.25) is 0 Å². The maximum Gasteiger partial charge on any atom is 0.249 e. The molecule has 0 bridgehead atoms. The average molecular weight is 398 g/mol. The van der Waals surface area contributed by atoms with Crippen LogP contribution in [-0.2, 0) is 4.79 Å². The molecule has 2 aromatic carbocycles. The summed E-state index contributed by atoms with van der Waals surface area (Å²) in [5, 5.41) is 9.14. The van der Waals surface area contributed by atoms with Gasteiger partial charge >= 0.3 is 0 Å². The Morgan fingerprint density at radius 2 is 2.03 bits per heavy atom. The molecular weight excluding hydrogens is 380 g/mol. The molecule has 1 amide bonds. The Labute approximate surface area is 172 Å². The van der Waals surface area contributed by atoms with Crippen molar-refractivity contribution in [2.75, 3.05) is 0 Å². The fourth-order valence-electron chi connectivity index (χ4n) is 3.22. The number of nitrogens with zero attached hydrogens (tertiary/aromatic N) is 3. The molecule has 7 heteroatoms. The van der Waals surface area contributed by atoms with Crippen LogP contribution in [-0.4, -0.2) is 15.9 Å². The number of nitrogens with one attached hydrogen (secondary N) is 1. The summed E-state index contributed by atoms with van der Waals surface area (Å²) >= 11 is 0. The van der Waals surface area contributed by atoms with E-state index in [9.17, 15) is 4.79 Å². The van der Waals surface area contributed by atoms with E-state index in [4.69, 9.17) is 14.5 Å². The molecule has 0 fully saturated rings. The molecule has 0 radical (unpaired) electrons. The van der Waals surface area contributed by atoms with Gasteiger partial charge in [0.1, 0.15) is 11.2 Å². The summed E-state index contributed by atoms with van der Waals surface area (Å²) in [6.45, 7) is 5.18. The quantitative estimate of drug-likeness (QED) is 0.509. The number of aryl methyl sites for hydroxylation is 1. The summed E-state index contributed by atoms with van der Waals surface area (Å²) in [7, 11) is 0. The van der Waals surface area contributed by atoms with Gasteiger partial charge in [-0.25, -0.2) is 4.98 Å². The van der Waals surface area contributed by atoms with Gasteiger partial charge in [0, 0.05) is 24.2 Å². The normalized spacial score (nSPS) is 10.6. The summed E-state index contributed by atoms with van der Waals surface area (Å²) in [5.41, 5.74) is 8.31. The minimum atomic E-state index is -0.277. The number of nitriles is 1. The number of hydrogen-bond acceptors (Lipinski definition) is 6. The summed E-state index contributed by atoms with van der Waals surface area (Å²) in [6.07, 6.45) is 1.74. The first-order valence-corrected chi connectivity index (χ1v) is 9.27. The Balaban J connectivity index is 1.66. The number of pyridine rings is 1. The molecule has 1 N–H and O–H groups in total. The zero-order valence-electron chi connectivity index (χ0n) is 16.7. The lowest BCUT2D eigenvalue weighted by molar-refractivity contribution is -0.125. The molecule has 4 rings (SSSR count). The molecule has 0 spiro atoms. The smallest absolute Gasteiger partial charge is 0.249 e. The van der Waals surface area contributed by atoms with Crippen molar-refractivity contribution >= 4 is 17.0 Å². The van der Waals surface area contributed by atoms with Gasteiger partial charge in [0.15, 0.2) is 11.3 Å². The van der Waals surface area contributed by atoms with Crippen molar-refractivity contribution in [1.29, 1.82) is 5.26 Å². The first kappa shape index (κ1) is 19.2. The summed E-state index contributed by atoms with van der Waals surface area (Å²) in [6, 6.07) is 15.0. The molecule has 148 valence electrons. The van der Waals surface area contributed by atoms with E-state index in [1.165, 1.54) is 6.92 Å². The predicted molar refractivity (Wildman–Crippen MR) is 111 cm³/mol. The van der Waals surface area contributed by atoms with Gasteiger partial charge < -0.3 is 9.25 Å². The second-order valence-electron chi connectivity index (χ2n) is 6.89. The highest BCUT2D eigenvalue weighted by atomic mass is 16.7. The molecular formula is C23H18N4O3. The molecule has 0 aliphatic carbocycles. The van der Waals surface area contributed by atoms with Crippen molar-refractivity contribution in [1.82, 2.24) is 15.4 Å². The van der Waals surface area contributed by atoms with Gasteiger partial charge in [-0.3, -0.25) is 9.78 Å². The fourth-order valence-corrected chi connectivity index (χ4v) is 3.22. The minimum Gasteiger partial charge on any atom is -0.434 e. The van der Waals surface area contributed by atoms with Crippen LogP contribution in [0.1, 0.15) is 23.6 Å². The highest BCUT2D eigenvalue weighted by Gasteiger charge is 2.14. The lowest BCUT2D eigenvalue weighted by atomic mass is 10.0. The Morgan fingerprint density at radius 3 is 2.73 bits per heavy atom. The van der Waals surface area contributed by atoms with Crippen LogP contribution in [0, 0.1) is 25.2 Å². The Bertz CT molecular complexity index is 1300. The van der Waals surface area contributed by atoms with E-state index >= 15 is 0 Å². The maximum atomic E-state index is 11.1. The van der Waals surface area contributed by atoms with Crippen molar-refractivity contribution in [3.05, 3.63) is 65.4 Å². The zero-order valence-corrected chi connectivity index (χ0v) is 16.7. The third-order valence-electron chi connectivity index (χ3n) is 4.69. The molecule has 0 aliphatic rings. The van der Waals surface area contributed by atoms with E-state index in [2.05, 4.69) is 21.5 Å². The van der Waals surface area contributed by atoms with Gasteiger partial charge in [-0.05, 0) is 49.2 Å². The molecule has 2 aromatic heterocycles. The van der Waals surface area contributed by atoms with Crippen LogP contribution in [0.25, 0.3) is 33.8 Å². The second kappa shape index (κ2) is 7.68. The SMILES string of the molecule is CC(=O)NOc1cccc(-c2ccc(-c3nc4cc(C#N)cc(C)c4o3)nc2)c1C. The van der Waals surface area contributed by atoms with E-state index in [-0.39, 0.29) is 5.91 Å². The fraction of sp³-hybridized carbons (Fsp3) is 0.130. The van der Waals surface area contributed by atoms with Crippen LogP contribution in [0.15, 0.2) is 53.1 Å². The first-order chi connectivity index (χ1) is 14.5. The number of rotatable bonds is 4. The molecule has 0 atom stereocenters. The molecule has 7 nitrogen and oxygen atoms in total. The average Bonchev–Trinajstić information content (AvgIpc) is 3.18. The van der Waals surface area contributed by atoms with Crippen LogP contribution < -0.4 is 10.3 Å². The molecule has 4 aromatic rings. The third-order valence-corrected chi connectivity index (χ3v) is 4.69. The number of aromatic nitrogens is 2. The van der Waals surface area contributed by atoms with E-state index in [0.29, 0.717) is 34.0 Å². The summed E-state index contributed by atoms with van der Waals surface area (Å²) in [4.78, 5) is 25.4. The minimum absolute atomic E-state index is 0.277. The molecule has 0 saturated carbocycles. The van der Waals surface area contributed by atoms with Gasteiger partial charge in [0.25, 0.3) is 0 Å². The number of oxazole rings is 1. The van der Waals surface area contributed by atoms with Crippen molar-refractivity contribution in [3.63, 3.8) is 0 Å². The maximum absolute atomic E-state index is 11.1. The molecule has 30 heavy (non-hydrogen) atoms. The van der Waals surface area contributed by atoms with E-state index < -0.39 is 0 Å². The summed E-state index contributed by atoms with van der Waals surface area (Å²) in [5.74, 6) is 0.685. The Kier molecular flexibility index (Phi) is 4.90.